The number of fused-ring (bicyclic) bond motifs is 2. The van der Waals surface area contributed by atoms with Crippen molar-refractivity contribution in [1.29, 1.82) is 0 Å². The number of carboxylic acids is 1. The molecule has 0 aromatic heterocycles. The molecule has 2 fully saturated rings. The van der Waals surface area contributed by atoms with Crippen molar-refractivity contribution in [3.63, 3.8) is 0 Å². The molecule has 1 N–H and O–H groups in total. The Morgan fingerprint density at radius 2 is 1.95 bits per heavy atom. The first-order valence-corrected chi connectivity index (χ1v) is 7.24. The van der Waals surface area contributed by atoms with Crippen molar-refractivity contribution in [2.75, 3.05) is 13.1 Å². The zero-order valence-electron chi connectivity index (χ0n) is 11.3. The molecule has 1 saturated carbocycles. The summed E-state index contributed by atoms with van der Waals surface area (Å²) in [5.41, 5.74) is 0. The Bertz CT molecular complexity index is 431. The van der Waals surface area contributed by atoms with Crippen LogP contribution in [0.1, 0.15) is 26.2 Å². The molecule has 3 rings (SSSR count). The minimum absolute atomic E-state index is 0.106. The molecule has 0 spiro atoms. The number of hydrogen-bond donors (Lipinski definition) is 1. The maximum Gasteiger partial charge on any atom is 0.308 e. The number of piperidine rings is 1. The van der Waals surface area contributed by atoms with Crippen LogP contribution in [0.15, 0.2) is 12.2 Å². The first kappa shape index (κ1) is 12.7. The molecule has 2 aliphatic carbocycles. The lowest BCUT2D eigenvalue weighted by molar-refractivity contribution is -0.148. The van der Waals surface area contributed by atoms with Gasteiger partial charge >= 0.3 is 5.97 Å². The largest absolute Gasteiger partial charge is 0.481 e. The topological polar surface area (TPSA) is 57.6 Å². The van der Waals surface area contributed by atoms with Crippen LogP contribution in [0.4, 0.5) is 0 Å². The summed E-state index contributed by atoms with van der Waals surface area (Å²) in [5, 5.41) is 9.18. The van der Waals surface area contributed by atoms with Crippen LogP contribution in [0.3, 0.4) is 0 Å². The summed E-state index contributed by atoms with van der Waals surface area (Å²) >= 11 is 0. The molecule has 1 amide bonds. The number of rotatable bonds is 2. The Morgan fingerprint density at radius 1 is 1.16 bits per heavy atom. The standard InChI is InChI=1S/C15H21NO3/c1-9-4-12(15(18)19)8-16(7-9)14(17)13-6-10-2-3-11(13)5-10/h2-3,9-13H,4-8H2,1H3,(H,18,19). The van der Waals surface area contributed by atoms with Gasteiger partial charge in [-0.3, -0.25) is 9.59 Å². The molecule has 19 heavy (non-hydrogen) atoms. The van der Waals surface area contributed by atoms with Crippen molar-refractivity contribution in [3.8, 4) is 0 Å². The van der Waals surface area contributed by atoms with Crippen LogP contribution in [0.25, 0.3) is 0 Å². The van der Waals surface area contributed by atoms with Crippen LogP contribution < -0.4 is 0 Å². The number of carbonyl (C=O) groups is 2. The van der Waals surface area contributed by atoms with E-state index in [1.54, 1.807) is 0 Å². The van der Waals surface area contributed by atoms with Crippen molar-refractivity contribution in [1.82, 2.24) is 4.90 Å². The quantitative estimate of drug-likeness (QED) is 0.772. The maximum absolute atomic E-state index is 12.6. The van der Waals surface area contributed by atoms with E-state index in [1.807, 2.05) is 11.8 Å². The van der Waals surface area contributed by atoms with Gasteiger partial charge in [-0.2, -0.15) is 0 Å². The predicted molar refractivity (Wildman–Crippen MR) is 70.3 cm³/mol. The molecular weight excluding hydrogens is 242 g/mol. The average Bonchev–Trinajstić information content (AvgIpc) is 2.99. The third kappa shape index (κ3) is 2.28. The summed E-state index contributed by atoms with van der Waals surface area (Å²) in [7, 11) is 0. The smallest absolute Gasteiger partial charge is 0.308 e. The van der Waals surface area contributed by atoms with Crippen LogP contribution in [0.2, 0.25) is 0 Å². The molecule has 1 saturated heterocycles. The minimum atomic E-state index is -0.766. The van der Waals surface area contributed by atoms with Crippen LogP contribution in [-0.2, 0) is 9.59 Å². The molecule has 104 valence electrons. The van der Waals surface area contributed by atoms with E-state index in [9.17, 15) is 14.7 Å². The summed E-state index contributed by atoms with van der Waals surface area (Å²) in [5.74, 6) is 0.408. The SMILES string of the molecule is CC1CC(C(=O)O)CN(C(=O)C2CC3C=CC2C3)C1. The van der Waals surface area contributed by atoms with Crippen LogP contribution >= 0.6 is 0 Å². The highest BCUT2D eigenvalue weighted by atomic mass is 16.4. The van der Waals surface area contributed by atoms with Crippen molar-refractivity contribution < 1.29 is 14.7 Å². The van der Waals surface area contributed by atoms with Gasteiger partial charge in [-0.1, -0.05) is 19.1 Å². The molecular formula is C15H21NO3. The van der Waals surface area contributed by atoms with Gasteiger partial charge in [-0.25, -0.2) is 0 Å². The van der Waals surface area contributed by atoms with Crippen LogP contribution in [0.5, 0.6) is 0 Å². The molecule has 5 unspecified atom stereocenters. The van der Waals surface area contributed by atoms with Gasteiger partial charge < -0.3 is 10.0 Å². The lowest BCUT2D eigenvalue weighted by Crippen LogP contribution is -2.48. The van der Waals surface area contributed by atoms with Crippen molar-refractivity contribution in [3.05, 3.63) is 12.2 Å². The summed E-state index contributed by atoms with van der Waals surface area (Å²) in [6.07, 6.45) is 7.17. The lowest BCUT2D eigenvalue weighted by Gasteiger charge is -2.37. The highest BCUT2D eigenvalue weighted by Gasteiger charge is 2.43. The van der Waals surface area contributed by atoms with Crippen molar-refractivity contribution in [2.45, 2.75) is 26.2 Å². The zero-order chi connectivity index (χ0) is 13.6. The zero-order valence-corrected chi connectivity index (χ0v) is 11.3. The molecule has 5 atom stereocenters. The van der Waals surface area contributed by atoms with Crippen LogP contribution in [0, 0.1) is 29.6 Å². The Morgan fingerprint density at radius 3 is 2.53 bits per heavy atom. The normalized spacial score (nSPS) is 40.7. The number of amides is 1. The Labute approximate surface area is 113 Å². The summed E-state index contributed by atoms with van der Waals surface area (Å²) < 4.78 is 0. The Kier molecular flexibility index (Phi) is 3.11. The minimum Gasteiger partial charge on any atom is -0.481 e. The fourth-order valence-corrected chi connectivity index (χ4v) is 4.01. The third-order valence-corrected chi connectivity index (χ3v) is 4.92. The monoisotopic (exact) mass is 263 g/mol. The van der Waals surface area contributed by atoms with E-state index in [-0.39, 0.29) is 23.7 Å². The van der Waals surface area contributed by atoms with E-state index in [0.29, 0.717) is 24.8 Å². The highest BCUT2D eigenvalue weighted by molar-refractivity contribution is 5.81. The number of carboxylic acid groups (broad SMARTS) is 1. The van der Waals surface area contributed by atoms with E-state index in [4.69, 9.17) is 0 Å². The molecule has 1 aliphatic heterocycles. The molecule has 0 aromatic carbocycles. The van der Waals surface area contributed by atoms with Gasteiger partial charge in [0.2, 0.25) is 5.91 Å². The Balaban J connectivity index is 1.69. The second-order valence-corrected chi connectivity index (χ2v) is 6.51. The van der Waals surface area contributed by atoms with Gasteiger partial charge in [0.15, 0.2) is 0 Å². The van der Waals surface area contributed by atoms with E-state index in [1.165, 1.54) is 0 Å². The van der Waals surface area contributed by atoms with Crippen LogP contribution in [-0.4, -0.2) is 35.0 Å². The number of hydrogen-bond acceptors (Lipinski definition) is 2. The maximum atomic E-state index is 12.6. The number of allylic oxidation sites excluding steroid dienone is 2. The van der Waals surface area contributed by atoms with Gasteiger partial charge in [0.1, 0.15) is 0 Å². The molecule has 0 aromatic rings. The molecule has 1 heterocycles. The number of aliphatic carboxylic acids is 1. The number of carbonyl (C=O) groups excluding carboxylic acids is 1. The van der Waals surface area contributed by atoms with E-state index in [0.717, 1.165) is 19.4 Å². The summed E-state index contributed by atoms with van der Waals surface area (Å²) in [6, 6.07) is 0. The molecule has 4 nitrogen and oxygen atoms in total. The van der Waals surface area contributed by atoms with Crippen molar-refractivity contribution in [2.24, 2.45) is 29.6 Å². The fourth-order valence-electron chi connectivity index (χ4n) is 4.01. The summed E-state index contributed by atoms with van der Waals surface area (Å²) in [6.45, 7) is 3.16. The van der Waals surface area contributed by atoms with E-state index in [2.05, 4.69) is 12.2 Å². The first-order valence-electron chi connectivity index (χ1n) is 7.24. The second kappa shape index (κ2) is 4.66. The third-order valence-electron chi connectivity index (χ3n) is 4.92. The van der Waals surface area contributed by atoms with Gasteiger partial charge in [0.05, 0.1) is 5.92 Å². The Hall–Kier alpha value is -1.32. The van der Waals surface area contributed by atoms with Gasteiger partial charge in [-0.05, 0) is 37.0 Å². The average molecular weight is 263 g/mol. The number of likely N-dealkylation sites (tertiary alicyclic amines) is 1. The van der Waals surface area contributed by atoms with E-state index >= 15 is 0 Å². The molecule has 4 heteroatoms. The van der Waals surface area contributed by atoms with Gasteiger partial charge in [0.25, 0.3) is 0 Å². The van der Waals surface area contributed by atoms with E-state index < -0.39 is 5.97 Å². The van der Waals surface area contributed by atoms with Crippen molar-refractivity contribution >= 4 is 11.9 Å². The molecule has 3 aliphatic rings. The fraction of sp³-hybridized carbons (Fsp3) is 0.733. The summed E-state index contributed by atoms with van der Waals surface area (Å²) in [4.78, 5) is 25.6. The first-order chi connectivity index (χ1) is 9.04. The second-order valence-electron chi connectivity index (χ2n) is 6.51. The molecule has 0 radical (unpaired) electrons. The predicted octanol–water partition coefficient (Wildman–Crippen LogP) is 1.77. The number of nitrogens with zero attached hydrogens (tertiary/aromatic N) is 1. The highest BCUT2D eigenvalue weighted by Crippen LogP contribution is 2.44. The van der Waals surface area contributed by atoms with Gasteiger partial charge in [-0.15, -0.1) is 0 Å². The lowest BCUT2D eigenvalue weighted by atomic mass is 9.87. The molecule has 2 bridgehead atoms. The van der Waals surface area contributed by atoms with Gasteiger partial charge in [0, 0.05) is 19.0 Å².